The van der Waals surface area contributed by atoms with Gasteiger partial charge in [-0.1, -0.05) is 37.6 Å². The molecule has 2 aromatic carbocycles. The fourth-order valence-corrected chi connectivity index (χ4v) is 2.87. The summed E-state index contributed by atoms with van der Waals surface area (Å²) in [5, 5.41) is 4.13. The molecule has 3 nitrogen and oxygen atoms in total. The highest BCUT2D eigenvalue weighted by atomic mass is 35.5. The Morgan fingerprint density at radius 3 is 2.40 bits per heavy atom. The molecule has 0 bridgehead atoms. The first kappa shape index (κ1) is 17.6. The Labute approximate surface area is 151 Å². The van der Waals surface area contributed by atoms with Crippen LogP contribution in [0.5, 0.6) is 0 Å². The van der Waals surface area contributed by atoms with Gasteiger partial charge in [0.05, 0.1) is 12.7 Å². The summed E-state index contributed by atoms with van der Waals surface area (Å²) in [5.74, 6) is 1.43. The van der Waals surface area contributed by atoms with Crippen molar-refractivity contribution < 1.29 is 8.81 Å². The fourth-order valence-electron chi connectivity index (χ4n) is 2.75. The number of halogens is 2. The lowest BCUT2D eigenvalue weighted by Crippen LogP contribution is -2.25. The Morgan fingerprint density at radius 2 is 1.76 bits per heavy atom. The third-order valence-corrected chi connectivity index (χ3v) is 4.30. The van der Waals surface area contributed by atoms with Crippen molar-refractivity contribution in [3.8, 4) is 11.3 Å². The van der Waals surface area contributed by atoms with Gasteiger partial charge < -0.3 is 9.73 Å². The maximum absolute atomic E-state index is 13.1. The second-order valence-corrected chi connectivity index (χ2v) is 6.72. The maximum atomic E-state index is 13.1. The average Bonchev–Trinajstić information content (AvgIpc) is 3.06. The van der Waals surface area contributed by atoms with Gasteiger partial charge in [-0.25, -0.2) is 9.37 Å². The van der Waals surface area contributed by atoms with E-state index in [1.165, 1.54) is 12.1 Å². The minimum absolute atomic E-state index is 0.0893. The largest absolute Gasteiger partial charge is 0.439 e. The standard InChI is InChI=1S/C20H20ClFN2O/c1-13(2)20(15-5-9-17(22)10-6-15)24-12-19-23-11-18(25-19)14-3-7-16(21)8-4-14/h3-11,13,20,24H,12H2,1-2H3/t20-/m0/s1. The van der Waals surface area contributed by atoms with Crippen LogP contribution in [0, 0.1) is 11.7 Å². The molecule has 0 spiro atoms. The van der Waals surface area contributed by atoms with Crippen LogP contribution in [0.3, 0.4) is 0 Å². The lowest BCUT2D eigenvalue weighted by atomic mass is 9.96. The van der Waals surface area contributed by atoms with E-state index in [0.717, 1.165) is 11.1 Å². The molecule has 5 heteroatoms. The zero-order chi connectivity index (χ0) is 17.8. The van der Waals surface area contributed by atoms with E-state index in [-0.39, 0.29) is 11.9 Å². The van der Waals surface area contributed by atoms with Gasteiger partial charge in [0.25, 0.3) is 0 Å². The van der Waals surface area contributed by atoms with Crippen molar-refractivity contribution in [3.05, 3.63) is 77.0 Å². The maximum Gasteiger partial charge on any atom is 0.208 e. The molecule has 1 atom stereocenters. The molecule has 0 fully saturated rings. The van der Waals surface area contributed by atoms with E-state index >= 15 is 0 Å². The quantitative estimate of drug-likeness (QED) is 0.621. The number of nitrogens with zero attached hydrogens (tertiary/aromatic N) is 1. The number of hydrogen-bond donors (Lipinski definition) is 1. The number of aromatic nitrogens is 1. The minimum atomic E-state index is -0.230. The monoisotopic (exact) mass is 358 g/mol. The number of hydrogen-bond acceptors (Lipinski definition) is 3. The van der Waals surface area contributed by atoms with Gasteiger partial charge in [0, 0.05) is 16.6 Å². The molecule has 0 aliphatic carbocycles. The molecule has 0 aliphatic rings. The van der Waals surface area contributed by atoms with Gasteiger partial charge in [0.15, 0.2) is 5.76 Å². The molecular weight excluding hydrogens is 339 g/mol. The second kappa shape index (κ2) is 7.81. The van der Waals surface area contributed by atoms with Crippen molar-refractivity contribution in [2.45, 2.75) is 26.4 Å². The van der Waals surface area contributed by atoms with Gasteiger partial charge in [-0.15, -0.1) is 0 Å². The zero-order valence-electron chi connectivity index (χ0n) is 14.2. The summed E-state index contributed by atoms with van der Waals surface area (Å²) >= 11 is 5.91. The van der Waals surface area contributed by atoms with Crippen molar-refractivity contribution in [2.24, 2.45) is 5.92 Å². The molecule has 25 heavy (non-hydrogen) atoms. The number of benzene rings is 2. The van der Waals surface area contributed by atoms with Crippen LogP contribution in [-0.2, 0) is 6.54 Å². The Kier molecular flexibility index (Phi) is 5.51. The lowest BCUT2D eigenvalue weighted by molar-refractivity contribution is 0.380. The summed E-state index contributed by atoms with van der Waals surface area (Å²) < 4.78 is 19.0. The van der Waals surface area contributed by atoms with Crippen LogP contribution >= 0.6 is 11.6 Å². The third kappa shape index (κ3) is 4.47. The van der Waals surface area contributed by atoms with E-state index in [9.17, 15) is 4.39 Å². The zero-order valence-corrected chi connectivity index (χ0v) is 14.9. The van der Waals surface area contributed by atoms with Crippen molar-refractivity contribution in [3.63, 3.8) is 0 Å². The highest BCUT2D eigenvalue weighted by Gasteiger charge is 2.16. The van der Waals surface area contributed by atoms with Gasteiger partial charge in [-0.2, -0.15) is 0 Å². The van der Waals surface area contributed by atoms with Gasteiger partial charge in [0.1, 0.15) is 5.82 Å². The number of oxazole rings is 1. The number of nitrogens with one attached hydrogen (secondary N) is 1. The average molecular weight is 359 g/mol. The first-order valence-corrected chi connectivity index (χ1v) is 8.60. The normalized spacial score (nSPS) is 12.5. The van der Waals surface area contributed by atoms with E-state index in [4.69, 9.17) is 16.0 Å². The fraction of sp³-hybridized carbons (Fsp3) is 0.250. The smallest absolute Gasteiger partial charge is 0.208 e. The molecule has 1 N–H and O–H groups in total. The van der Waals surface area contributed by atoms with Gasteiger partial charge in [-0.05, 0) is 47.9 Å². The predicted octanol–water partition coefficient (Wildman–Crippen LogP) is 5.62. The topological polar surface area (TPSA) is 38.1 Å². The molecule has 0 aliphatic heterocycles. The molecule has 0 unspecified atom stereocenters. The molecule has 1 heterocycles. The summed E-state index contributed by atoms with van der Waals surface area (Å²) in [4.78, 5) is 4.33. The summed E-state index contributed by atoms with van der Waals surface area (Å²) in [5.41, 5.74) is 1.97. The van der Waals surface area contributed by atoms with E-state index in [1.54, 1.807) is 6.20 Å². The van der Waals surface area contributed by atoms with Crippen LogP contribution in [0.1, 0.15) is 31.3 Å². The van der Waals surface area contributed by atoms with Crippen LogP contribution in [0.15, 0.2) is 59.1 Å². The van der Waals surface area contributed by atoms with Gasteiger partial charge in [-0.3, -0.25) is 0 Å². The van der Waals surface area contributed by atoms with Crippen LogP contribution in [-0.4, -0.2) is 4.98 Å². The molecule has 0 radical (unpaired) electrons. The molecular formula is C20H20ClFN2O. The first-order chi connectivity index (χ1) is 12.0. The minimum Gasteiger partial charge on any atom is -0.439 e. The van der Waals surface area contributed by atoms with Crippen molar-refractivity contribution in [1.29, 1.82) is 0 Å². The molecule has 1 aromatic heterocycles. The van der Waals surface area contributed by atoms with Crippen LogP contribution in [0.25, 0.3) is 11.3 Å². The van der Waals surface area contributed by atoms with Gasteiger partial charge in [0.2, 0.25) is 5.89 Å². The molecule has 0 amide bonds. The van der Waals surface area contributed by atoms with E-state index < -0.39 is 0 Å². The first-order valence-electron chi connectivity index (χ1n) is 8.22. The Hall–Kier alpha value is -2.17. The summed E-state index contributed by atoms with van der Waals surface area (Å²) in [6.45, 7) is 4.74. The Balaban J connectivity index is 1.69. The Morgan fingerprint density at radius 1 is 1.08 bits per heavy atom. The second-order valence-electron chi connectivity index (χ2n) is 6.28. The SMILES string of the molecule is CC(C)[C@H](NCc1ncc(-c2ccc(Cl)cc2)o1)c1ccc(F)cc1. The summed E-state index contributed by atoms with van der Waals surface area (Å²) in [7, 11) is 0. The van der Waals surface area contributed by atoms with Crippen LogP contribution in [0.2, 0.25) is 5.02 Å². The highest BCUT2D eigenvalue weighted by Crippen LogP contribution is 2.24. The predicted molar refractivity (Wildman–Crippen MR) is 97.8 cm³/mol. The third-order valence-electron chi connectivity index (χ3n) is 4.05. The van der Waals surface area contributed by atoms with Gasteiger partial charge >= 0.3 is 0 Å². The summed E-state index contributed by atoms with van der Waals surface area (Å²) in [6, 6.07) is 14.1. The molecule has 3 rings (SSSR count). The van der Waals surface area contributed by atoms with Crippen molar-refractivity contribution in [1.82, 2.24) is 10.3 Å². The van der Waals surface area contributed by atoms with Crippen LogP contribution < -0.4 is 5.32 Å². The highest BCUT2D eigenvalue weighted by molar-refractivity contribution is 6.30. The van der Waals surface area contributed by atoms with E-state index in [0.29, 0.717) is 29.1 Å². The molecule has 0 saturated heterocycles. The number of rotatable bonds is 6. The van der Waals surface area contributed by atoms with Crippen molar-refractivity contribution in [2.75, 3.05) is 0 Å². The molecule has 3 aromatic rings. The molecule has 0 saturated carbocycles. The van der Waals surface area contributed by atoms with E-state index in [1.807, 2.05) is 36.4 Å². The van der Waals surface area contributed by atoms with E-state index in [2.05, 4.69) is 24.1 Å². The van der Waals surface area contributed by atoms with Crippen molar-refractivity contribution >= 4 is 11.6 Å². The lowest BCUT2D eigenvalue weighted by Gasteiger charge is -2.22. The summed E-state index contributed by atoms with van der Waals surface area (Å²) in [6.07, 6.45) is 1.71. The molecule has 130 valence electrons. The Bertz CT molecular complexity index is 812. The van der Waals surface area contributed by atoms with Crippen LogP contribution in [0.4, 0.5) is 4.39 Å².